The van der Waals surface area contributed by atoms with Gasteiger partial charge >= 0.3 is 0 Å². The number of aromatic nitrogens is 2. The van der Waals surface area contributed by atoms with Crippen molar-refractivity contribution in [1.29, 1.82) is 0 Å². The van der Waals surface area contributed by atoms with Crippen LogP contribution in [-0.2, 0) is 14.6 Å². The van der Waals surface area contributed by atoms with Gasteiger partial charge in [-0.1, -0.05) is 0 Å². The van der Waals surface area contributed by atoms with Crippen molar-refractivity contribution >= 4 is 9.84 Å². The molecule has 0 radical (unpaired) electrons. The van der Waals surface area contributed by atoms with Crippen LogP contribution in [0.15, 0.2) is 29.4 Å². The molecule has 1 aliphatic heterocycles. The molecule has 0 aliphatic carbocycles. The Kier molecular flexibility index (Phi) is 7.65. The molecule has 2 aromatic rings. The van der Waals surface area contributed by atoms with Gasteiger partial charge in [0.2, 0.25) is 11.8 Å². The number of hydrogen-bond donors (Lipinski definition) is 1. The van der Waals surface area contributed by atoms with Gasteiger partial charge in [0, 0.05) is 26.5 Å². The summed E-state index contributed by atoms with van der Waals surface area (Å²) in [6.45, 7) is 4.79. The first-order chi connectivity index (χ1) is 15.1. The van der Waals surface area contributed by atoms with Gasteiger partial charge in [0.25, 0.3) is 0 Å². The minimum Gasteiger partial charge on any atom is -0.474 e. The largest absolute Gasteiger partial charge is 0.474 e. The van der Waals surface area contributed by atoms with Gasteiger partial charge in [-0.05, 0) is 44.9 Å². The summed E-state index contributed by atoms with van der Waals surface area (Å²) in [5.41, 5.74) is 0.500. The van der Waals surface area contributed by atoms with Crippen molar-refractivity contribution in [3.8, 4) is 17.5 Å². The van der Waals surface area contributed by atoms with Gasteiger partial charge in [-0.3, -0.25) is 4.90 Å². The van der Waals surface area contributed by atoms with E-state index in [2.05, 4.69) is 14.9 Å². The first kappa shape index (κ1) is 24.3. The van der Waals surface area contributed by atoms with E-state index in [0.717, 1.165) is 12.3 Å². The fourth-order valence-corrected chi connectivity index (χ4v) is 4.23. The van der Waals surface area contributed by atoms with E-state index in [1.807, 2.05) is 0 Å². The van der Waals surface area contributed by atoms with E-state index >= 15 is 0 Å². The molecule has 3 rings (SSSR count). The highest BCUT2D eigenvalue weighted by molar-refractivity contribution is 7.90. The predicted octanol–water partition coefficient (Wildman–Crippen LogP) is 2.32. The Balaban J connectivity index is 1.68. The molecular weight excluding hydrogens is 441 g/mol. The van der Waals surface area contributed by atoms with Crippen LogP contribution in [0.25, 0.3) is 0 Å². The van der Waals surface area contributed by atoms with Crippen molar-refractivity contribution in [2.75, 3.05) is 26.5 Å². The Hall–Kier alpha value is -2.34. The van der Waals surface area contributed by atoms with Gasteiger partial charge in [-0.15, -0.1) is 0 Å². The van der Waals surface area contributed by atoms with E-state index in [9.17, 15) is 17.9 Å². The number of likely N-dealkylation sites (tertiary alicyclic amines) is 1. The molecule has 1 aliphatic rings. The molecule has 0 saturated carbocycles. The second kappa shape index (κ2) is 10.1. The van der Waals surface area contributed by atoms with Crippen LogP contribution in [0.4, 0.5) is 4.39 Å². The molecule has 11 heteroatoms. The monoisotopic (exact) mass is 469 g/mol. The highest BCUT2D eigenvalue weighted by Crippen LogP contribution is 2.31. The van der Waals surface area contributed by atoms with Gasteiger partial charge in [0.1, 0.15) is 18.7 Å². The van der Waals surface area contributed by atoms with E-state index in [-0.39, 0.29) is 28.9 Å². The smallest absolute Gasteiger partial charge is 0.229 e. The summed E-state index contributed by atoms with van der Waals surface area (Å²) in [5, 5.41) is 9.84. The van der Waals surface area contributed by atoms with E-state index in [4.69, 9.17) is 14.2 Å². The van der Waals surface area contributed by atoms with Crippen molar-refractivity contribution in [2.24, 2.45) is 0 Å². The summed E-state index contributed by atoms with van der Waals surface area (Å²) in [4.78, 5) is 10.2. The summed E-state index contributed by atoms with van der Waals surface area (Å²) >= 11 is 0. The minimum atomic E-state index is -3.53. The number of halogens is 1. The molecule has 1 aromatic carbocycles. The van der Waals surface area contributed by atoms with E-state index in [1.165, 1.54) is 18.5 Å². The number of hydrogen-bond acceptors (Lipinski definition) is 9. The Bertz CT molecular complexity index is 1040. The van der Waals surface area contributed by atoms with E-state index in [0.29, 0.717) is 37.4 Å². The molecule has 2 atom stereocenters. The van der Waals surface area contributed by atoms with E-state index < -0.39 is 21.8 Å². The quantitative estimate of drug-likeness (QED) is 0.622. The van der Waals surface area contributed by atoms with Crippen LogP contribution in [0.5, 0.6) is 17.5 Å². The number of nitrogens with zero attached hydrogens (tertiary/aromatic N) is 3. The zero-order chi connectivity index (χ0) is 23.5. The van der Waals surface area contributed by atoms with Crippen molar-refractivity contribution in [2.45, 2.75) is 50.0 Å². The third-order valence-corrected chi connectivity index (χ3v) is 6.41. The van der Waals surface area contributed by atoms with Crippen LogP contribution in [0, 0.1) is 12.7 Å². The Labute approximate surface area is 187 Å². The summed E-state index contributed by atoms with van der Waals surface area (Å²) in [6.07, 6.45) is 2.65. The second-order valence-electron chi connectivity index (χ2n) is 7.80. The normalized spacial score (nSPS) is 17.7. The molecule has 32 heavy (non-hydrogen) atoms. The molecule has 9 nitrogen and oxygen atoms in total. The van der Waals surface area contributed by atoms with Gasteiger partial charge in [0.15, 0.2) is 21.4 Å². The fraction of sp³-hybridized carbons (Fsp3) is 0.524. The molecule has 0 amide bonds. The first-order valence-corrected chi connectivity index (χ1v) is 12.1. The Morgan fingerprint density at radius 1 is 1.22 bits per heavy atom. The van der Waals surface area contributed by atoms with Crippen LogP contribution in [0.1, 0.15) is 25.3 Å². The summed E-state index contributed by atoms with van der Waals surface area (Å²) in [5.74, 6) is -0.513. The zero-order valence-corrected chi connectivity index (χ0v) is 19.3. The SMILES string of the molecule is COC(C(C)O)N1CCC(Oc2ncnc(Oc3ccc(S(C)(=O)=O)cc3F)c2C)CC1. The van der Waals surface area contributed by atoms with Crippen LogP contribution in [-0.4, -0.2) is 73.3 Å². The third-order valence-electron chi connectivity index (χ3n) is 5.30. The zero-order valence-electron chi connectivity index (χ0n) is 18.5. The lowest BCUT2D eigenvalue weighted by Crippen LogP contribution is -2.49. The molecule has 176 valence electrons. The van der Waals surface area contributed by atoms with Crippen molar-refractivity contribution in [3.63, 3.8) is 0 Å². The molecule has 0 spiro atoms. The Morgan fingerprint density at radius 3 is 2.44 bits per heavy atom. The number of aliphatic hydroxyl groups is 1. The van der Waals surface area contributed by atoms with Gasteiger partial charge in [0.05, 0.1) is 16.6 Å². The van der Waals surface area contributed by atoms with Crippen molar-refractivity contribution in [1.82, 2.24) is 14.9 Å². The van der Waals surface area contributed by atoms with E-state index in [1.54, 1.807) is 21.0 Å². The number of rotatable bonds is 8. The fourth-order valence-electron chi connectivity index (χ4n) is 3.60. The van der Waals surface area contributed by atoms with Gasteiger partial charge in [-0.25, -0.2) is 22.8 Å². The second-order valence-corrected chi connectivity index (χ2v) is 9.81. The van der Waals surface area contributed by atoms with Crippen LogP contribution in [0.3, 0.4) is 0 Å². The number of piperidine rings is 1. The van der Waals surface area contributed by atoms with Gasteiger partial charge < -0.3 is 19.3 Å². The predicted molar refractivity (Wildman–Crippen MR) is 114 cm³/mol. The number of benzene rings is 1. The lowest BCUT2D eigenvalue weighted by Gasteiger charge is -2.37. The lowest BCUT2D eigenvalue weighted by molar-refractivity contribution is -0.113. The number of aliphatic hydroxyl groups excluding tert-OH is 1. The Morgan fingerprint density at radius 2 is 1.88 bits per heavy atom. The topological polar surface area (TPSA) is 111 Å². The highest BCUT2D eigenvalue weighted by Gasteiger charge is 2.29. The van der Waals surface area contributed by atoms with Crippen molar-refractivity contribution < 1.29 is 32.1 Å². The molecule has 1 saturated heterocycles. The number of methoxy groups -OCH3 is 1. The van der Waals surface area contributed by atoms with Crippen LogP contribution >= 0.6 is 0 Å². The number of ether oxygens (including phenoxy) is 3. The summed E-state index contributed by atoms with van der Waals surface area (Å²) < 4.78 is 54.5. The average Bonchev–Trinajstić information content (AvgIpc) is 2.73. The molecule has 2 heterocycles. The first-order valence-electron chi connectivity index (χ1n) is 10.2. The summed E-state index contributed by atoms with van der Waals surface area (Å²) in [6, 6.07) is 3.43. The minimum absolute atomic E-state index is 0.0926. The van der Waals surface area contributed by atoms with Crippen LogP contribution < -0.4 is 9.47 Å². The maximum absolute atomic E-state index is 14.4. The summed E-state index contributed by atoms with van der Waals surface area (Å²) in [7, 11) is -1.96. The molecule has 1 fully saturated rings. The lowest BCUT2D eigenvalue weighted by atomic mass is 10.1. The van der Waals surface area contributed by atoms with Crippen molar-refractivity contribution in [3.05, 3.63) is 35.9 Å². The standard InChI is InChI=1S/C21H28FN3O6S/c1-13-19(30-15-7-9-25(10-8-15)21(29-3)14(2)26)23-12-24-20(13)31-18-6-5-16(11-17(18)22)32(4,27)28/h5-6,11-12,14-15,21,26H,7-10H2,1-4H3. The average molecular weight is 470 g/mol. The third kappa shape index (κ3) is 5.71. The molecular formula is C21H28FN3O6S. The maximum Gasteiger partial charge on any atom is 0.229 e. The molecule has 0 bridgehead atoms. The maximum atomic E-state index is 14.4. The molecule has 1 aromatic heterocycles. The molecule has 2 unspecified atom stereocenters. The number of sulfone groups is 1. The highest BCUT2D eigenvalue weighted by atomic mass is 32.2. The molecule has 1 N–H and O–H groups in total. The van der Waals surface area contributed by atoms with Gasteiger partial charge in [-0.2, -0.15) is 0 Å². The van der Waals surface area contributed by atoms with Crippen LogP contribution in [0.2, 0.25) is 0 Å².